The van der Waals surface area contributed by atoms with Gasteiger partial charge in [0.25, 0.3) is 0 Å². The predicted octanol–water partition coefficient (Wildman–Crippen LogP) is 2.27. The van der Waals surface area contributed by atoms with E-state index in [2.05, 4.69) is 31.4 Å². The standard InChI is InChI=1S/C17H26N2O2/c1-16(2,3)15(13-8-6-5-7-9-13)19-14(20)10-21-17(4)11-18-12-17/h5-9,15,18H,10-12H2,1-4H3,(H,19,20). The van der Waals surface area contributed by atoms with Gasteiger partial charge in [-0.2, -0.15) is 0 Å². The third-order valence-electron chi connectivity index (χ3n) is 3.85. The Morgan fingerprint density at radius 1 is 1.33 bits per heavy atom. The van der Waals surface area contributed by atoms with Gasteiger partial charge in [-0.25, -0.2) is 0 Å². The summed E-state index contributed by atoms with van der Waals surface area (Å²) >= 11 is 0. The number of hydrogen-bond acceptors (Lipinski definition) is 3. The Hall–Kier alpha value is -1.39. The Bertz CT molecular complexity index is 475. The first-order valence-electron chi connectivity index (χ1n) is 7.49. The van der Waals surface area contributed by atoms with Gasteiger partial charge in [0.15, 0.2) is 0 Å². The highest BCUT2D eigenvalue weighted by molar-refractivity contribution is 5.77. The van der Waals surface area contributed by atoms with Gasteiger partial charge in [0, 0.05) is 13.1 Å². The van der Waals surface area contributed by atoms with Crippen LogP contribution in [0.3, 0.4) is 0 Å². The van der Waals surface area contributed by atoms with E-state index in [1.807, 2.05) is 37.3 Å². The average molecular weight is 290 g/mol. The number of hydrogen-bond donors (Lipinski definition) is 2. The fourth-order valence-corrected chi connectivity index (χ4v) is 2.47. The topological polar surface area (TPSA) is 50.4 Å². The van der Waals surface area contributed by atoms with Crippen LogP contribution < -0.4 is 10.6 Å². The minimum Gasteiger partial charge on any atom is -0.363 e. The zero-order chi connectivity index (χ0) is 15.5. The van der Waals surface area contributed by atoms with Crippen molar-refractivity contribution in [3.05, 3.63) is 35.9 Å². The van der Waals surface area contributed by atoms with E-state index in [-0.39, 0.29) is 29.6 Å². The summed E-state index contributed by atoms with van der Waals surface area (Å²) in [5, 5.41) is 6.27. The maximum Gasteiger partial charge on any atom is 0.246 e. The molecule has 1 aromatic carbocycles. The van der Waals surface area contributed by atoms with Crippen molar-refractivity contribution in [2.24, 2.45) is 5.41 Å². The van der Waals surface area contributed by atoms with E-state index in [1.165, 1.54) is 0 Å². The fourth-order valence-electron chi connectivity index (χ4n) is 2.47. The van der Waals surface area contributed by atoms with Crippen molar-refractivity contribution in [2.45, 2.75) is 39.3 Å². The third kappa shape index (κ3) is 4.29. The summed E-state index contributed by atoms with van der Waals surface area (Å²) in [6, 6.07) is 10.1. The van der Waals surface area contributed by atoms with Crippen LogP contribution in [0, 0.1) is 5.41 Å². The fraction of sp³-hybridized carbons (Fsp3) is 0.588. The molecule has 1 saturated heterocycles. The smallest absolute Gasteiger partial charge is 0.246 e. The molecule has 0 radical (unpaired) electrons. The Morgan fingerprint density at radius 3 is 2.43 bits per heavy atom. The molecule has 1 aliphatic rings. The van der Waals surface area contributed by atoms with Gasteiger partial charge >= 0.3 is 0 Å². The van der Waals surface area contributed by atoms with Crippen molar-refractivity contribution in [2.75, 3.05) is 19.7 Å². The summed E-state index contributed by atoms with van der Waals surface area (Å²) in [5.41, 5.74) is 0.871. The van der Waals surface area contributed by atoms with Gasteiger partial charge in [-0.1, -0.05) is 51.1 Å². The zero-order valence-corrected chi connectivity index (χ0v) is 13.4. The summed E-state index contributed by atoms with van der Waals surface area (Å²) in [6.07, 6.45) is 0. The van der Waals surface area contributed by atoms with E-state index in [0.29, 0.717) is 0 Å². The second-order valence-electron chi connectivity index (χ2n) is 7.12. The second-order valence-corrected chi connectivity index (χ2v) is 7.12. The highest BCUT2D eigenvalue weighted by Gasteiger charge is 2.34. The SMILES string of the molecule is CC1(OCC(=O)NC(c2ccccc2)C(C)(C)C)CNC1. The van der Waals surface area contributed by atoms with Crippen LogP contribution in [0.15, 0.2) is 30.3 Å². The Kier molecular flexibility index (Phi) is 4.69. The molecule has 0 saturated carbocycles. The minimum atomic E-state index is -0.193. The molecule has 1 amide bonds. The van der Waals surface area contributed by atoms with Crippen molar-refractivity contribution >= 4 is 5.91 Å². The number of amides is 1. The van der Waals surface area contributed by atoms with Crippen LogP contribution in [0.25, 0.3) is 0 Å². The molecule has 21 heavy (non-hydrogen) atoms. The number of nitrogens with one attached hydrogen (secondary N) is 2. The van der Waals surface area contributed by atoms with Gasteiger partial charge in [0.1, 0.15) is 6.61 Å². The van der Waals surface area contributed by atoms with E-state index < -0.39 is 0 Å². The molecule has 2 rings (SSSR count). The van der Waals surface area contributed by atoms with E-state index >= 15 is 0 Å². The molecular formula is C17H26N2O2. The van der Waals surface area contributed by atoms with Crippen LogP contribution in [0.4, 0.5) is 0 Å². The Balaban J connectivity index is 1.97. The Morgan fingerprint density at radius 2 is 1.95 bits per heavy atom. The highest BCUT2D eigenvalue weighted by Crippen LogP contribution is 2.32. The van der Waals surface area contributed by atoms with Crippen LogP contribution in [-0.4, -0.2) is 31.2 Å². The molecule has 4 heteroatoms. The number of carbonyl (C=O) groups excluding carboxylic acids is 1. The molecule has 0 aliphatic carbocycles. The molecule has 1 aliphatic heterocycles. The third-order valence-corrected chi connectivity index (χ3v) is 3.85. The monoisotopic (exact) mass is 290 g/mol. The molecule has 1 atom stereocenters. The first-order chi connectivity index (χ1) is 9.80. The maximum absolute atomic E-state index is 12.2. The number of rotatable bonds is 5. The van der Waals surface area contributed by atoms with E-state index in [4.69, 9.17) is 4.74 Å². The second kappa shape index (κ2) is 6.16. The van der Waals surface area contributed by atoms with Crippen LogP contribution >= 0.6 is 0 Å². The zero-order valence-electron chi connectivity index (χ0n) is 13.4. The largest absolute Gasteiger partial charge is 0.363 e. The van der Waals surface area contributed by atoms with Gasteiger partial charge in [0.2, 0.25) is 5.91 Å². The minimum absolute atomic E-state index is 0.0258. The van der Waals surface area contributed by atoms with Crippen LogP contribution in [0.5, 0.6) is 0 Å². The first-order valence-corrected chi connectivity index (χ1v) is 7.49. The number of carbonyl (C=O) groups is 1. The van der Waals surface area contributed by atoms with Crippen molar-refractivity contribution in [3.63, 3.8) is 0 Å². The molecule has 2 N–H and O–H groups in total. The molecule has 1 unspecified atom stereocenters. The first kappa shape index (κ1) is 16.0. The van der Waals surface area contributed by atoms with Crippen molar-refractivity contribution in [1.82, 2.24) is 10.6 Å². The van der Waals surface area contributed by atoms with Crippen LogP contribution in [0.2, 0.25) is 0 Å². The molecule has 4 nitrogen and oxygen atoms in total. The van der Waals surface area contributed by atoms with E-state index in [0.717, 1.165) is 18.7 Å². The average Bonchev–Trinajstić information content (AvgIpc) is 2.40. The summed E-state index contributed by atoms with van der Waals surface area (Å²) in [6.45, 7) is 10.1. The van der Waals surface area contributed by atoms with Gasteiger partial charge in [0.05, 0.1) is 11.6 Å². The number of benzene rings is 1. The lowest BCUT2D eigenvalue weighted by Gasteiger charge is -2.39. The molecule has 1 fully saturated rings. The van der Waals surface area contributed by atoms with Gasteiger partial charge in [-0.05, 0) is 17.9 Å². The summed E-state index contributed by atoms with van der Waals surface area (Å²) in [5.74, 6) is -0.0631. The van der Waals surface area contributed by atoms with Crippen LogP contribution in [-0.2, 0) is 9.53 Å². The van der Waals surface area contributed by atoms with Crippen molar-refractivity contribution in [1.29, 1.82) is 0 Å². The summed E-state index contributed by atoms with van der Waals surface area (Å²) < 4.78 is 5.70. The predicted molar refractivity (Wildman–Crippen MR) is 84.0 cm³/mol. The lowest BCUT2D eigenvalue weighted by molar-refractivity contribution is -0.137. The quantitative estimate of drug-likeness (QED) is 0.874. The lowest BCUT2D eigenvalue weighted by atomic mass is 9.82. The molecular weight excluding hydrogens is 264 g/mol. The van der Waals surface area contributed by atoms with E-state index in [9.17, 15) is 4.79 Å². The van der Waals surface area contributed by atoms with Gasteiger partial charge < -0.3 is 15.4 Å². The molecule has 0 bridgehead atoms. The Labute approximate surface area is 127 Å². The molecule has 1 aromatic rings. The highest BCUT2D eigenvalue weighted by atomic mass is 16.5. The summed E-state index contributed by atoms with van der Waals surface area (Å²) in [7, 11) is 0. The lowest BCUT2D eigenvalue weighted by Crippen LogP contribution is -2.59. The van der Waals surface area contributed by atoms with Gasteiger partial charge in [-0.3, -0.25) is 4.79 Å². The van der Waals surface area contributed by atoms with Crippen molar-refractivity contribution in [3.8, 4) is 0 Å². The molecule has 1 heterocycles. The normalized spacial score (nSPS) is 18.7. The van der Waals surface area contributed by atoms with Crippen LogP contribution in [0.1, 0.15) is 39.3 Å². The molecule has 0 aromatic heterocycles. The van der Waals surface area contributed by atoms with Crippen molar-refractivity contribution < 1.29 is 9.53 Å². The van der Waals surface area contributed by atoms with E-state index in [1.54, 1.807) is 0 Å². The number of ether oxygens (including phenoxy) is 1. The van der Waals surface area contributed by atoms with Gasteiger partial charge in [-0.15, -0.1) is 0 Å². The maximum atomic E-state index is 12.2. The molecule has 0 spiro atoms. The summed E-state index contributed by atoms with van der Waals surface area (Å²) in [4.78, 5) is 12.2. The molecule has 116 valence electrons.